The third kappa shape index (κ3) is 3.81. The van der Waals surface area contributed by atoms with Crippen LogP contribution >= 0.6 is 11.8 Å². The highest BCUT2D eigenvalue weighted by Crippen LogP contribution is 2.23. The molecular weight excluding hydrogens is 380 g/mol. The molecule has 10 heteroatoms. The first-order chi connectivity index (χ1) is 13.6. The van der Waals surface area contributed by atoms with E-state index in [1.807, 2.05) is 36.4 Å². The number of carbonyl (C=O) groups is 1. The minimum Gasteiger partial charge on any atom is -0.497 e. The lowest BCUT2D eigenvalue weighted by Crippen LogP contribution is -2.13. The molecule has 0 aliphatic rings. The Morgan fingerprint density at radius 3 is 2.75 bits per heavy atom. The molecule has 0 saturated heterocycles. The van der Waals surface area contributed by atoms with Crippen LogP contribution < -0.4 is 10.1 Å². The Labute approximate surface area is 164 Å². The van der Waals surface area contributed by atoms with Crippen LogP contribution in [0.2, 0.25) is 0 Å². The molecule has 3 heterocycles. The molecule has 3 aromatic heterocycles. The monoisotopic (exact) mass is 396 g/mol. The number of benzene rings is 1. The molecule has 0 spiro atoms. The second kappa shape index (κ2) is 7.69. The fourth-order valence-electron chi connectivity index (χ4n) is 2.50. The van der Waals surface area contributed by atoms with Crippen LogP contribution in [-0.4, -0.2) is 43.7 Å². The van der Waals surface area contributed by atoms with E-state index in [2.05, 4.69) is 25.8 Å². The maximum absolute atomic E-state index is 12.1. The Bertz CT molecular complexity index is 1120. The third-order valence-corrected chi connectivity index (χ3v) is 4.76. The van der Waals surface area contributed by atoms with Crippen molar-refractivity contribution in [3.8, 4) is 17.0 Å². The van der Waals surface area contributed by atoms with Gasteiger partial charge in [0.1, 0.15) is 5.75 Å². The standard InChI is InChI=1S/C18H16N6O3S/c1-11-9-17(27-23-11)19-16(25)10-28-18-21-20-15-8-7-14(22-24(15)18)12-3-5-13(26-2)6-4-12/h3-9H,10H2,1-2H3,(H,19,25). The van der Waals surface area contributed by atoms with Crippen molar-refractivity contribution in [1.82, 2.24) is 25.0 Å². The van der Waals surface area contributed by atoms with E-state index in [1.54, 1.807) is 24.6 Å². The molecule has 142 valence electrons. The lowest BCUT2D eigenvalue weighted by atomic mass is 10.1. The maximum Gasteiger partial charge on any atom is 0.237 e. The zero-order chi connectivity index (χ0) is 19.5. The first-order valence-corrected chi connectivity index (χ1v) is 9.34. The fourth-order valence-corrected chi connectivity index (χ4v) is 3.19. The van der Waals surface area contributed by atoms with E-state index in [1.165, 1.54) is 11.8 Å². The van der Waals surface area contributed by atoms with Crippen molar-refractivity contribution in [2.45, 2.75) is 12.1 Å². The molecule has 4 rings (SSSR count). The number of ether oxygens (including phenoxy) is 1. The predicted octanol–water partition coefficient (Wildman–Crippen LogP) is 2.83. The molecule has 1 aromatic carbocycles. The van der Waals surface area contributed by atoms with Gasteiger partial charge in [0.15, 0.2) is 5.65 Å². The molecular formula is C18H16N6O3S. The normalized spacial score (nSPS) is 10.9. The SMILES string of the molecule is COc1ccc(-c2ccc3nnc(SCC(=O)Nc4cc(C)no4)n3n2)cc1. The number of anilines is 1. The van der Waals surface area contributed by atoms with E-state index >= 15 is 0 Å². The van der Waals surface area contributed by atoms with Crippen molar-refractivity contribution in [3.63, 3.8) is 0 Å². The number of carbonyl (C=O) groups excluding carboxylic acids is 1. The Balaban J connectivity index is 1.50. The summed E-state index contributed by atoms with van der Waals surface area (Å²) in [6.45, 7) is 1.78. The summed E-state index contributed by atoms with van der Waals surface area (Å²) < 4.78 is 11.8. The van der Waals surface area contributed by atoms with Gasteiger partial charge in [-0.25, -0.2) is 0 Å². The van der Waals surface area contributed by atoms with E-state index in [9.17, 15) is 4.79 Å². The van der Waals surface area contributed by atoms with Gasteiger partial charge in [0.2, 0.25) is 16.9 Å². The van der Waals surface area contributed by atoms with Gasteiger partial charge < -0.3 is 9.26 Å². The predicted molar refractivity (Wildman–Crippen MR) is 103 cm³/mol. The Hall–Kier alpha value is -3.40. The van der Waals surface area contributed by atoms with Gasteiger partial charge in [-0.1, -0.05) is 16.9 Å². The summed E-state index contributed by atoms with van der Waals surface area (Å²) in [7, 11) is 1.62. The highest BCUT2D eigenvalue weighted by molar-refractivity contribution is 7.99. The molecule has 0 atom stereocenters. The third-order valence-electron chi connectivity index (χ3n) is 3.84. The molecule has 0 saturated carbocycles. The first kappa shape index (κ1) is 18.0. The minimum atomic E-state index is -0.232. The summed E-state index contributed by atoms with van der Waals surface area (Å²) in [5.74, 6) is 0.992. The summed E-state index contributed by atoms with van der Waals surface area (Å²) in [4.78, 5) is 12.1. The van der Waals surface area contributed by atoms with Crippen molar-refractivity contribution in [3.05, 3.63) is 48.2 Å². The molecule has 0 bridgehead atoms. The van der Waals surface area contributed by atoms with Crippen LogP contribution in [0.15, 0.2) is 52.1 Å². The zero-order valence-electron chi connectivity index (χ0n) is 15.1. The maximum atomic E-state index is 12.1. The van der Waals surface area contributed by atoms with Crippen LogP contribution in [0.5, 0.6) is 5.75 Å². The van der Waals surface area contributed by atoms with E-state index in [4.69, 9.17) is 9.26 Å². The van der Waals surface area contributed by atoms with Gasteiger partial charge in [-0.2, -0.15) is 9.61 Å². The van der Waals surface area contributed by atoms with Crippen molar-refractivity contribution in [2.24, 2.45) is 0 Å². The van der Waals surface area contributed by atoms with Gasteiger partial charge >= 0.3 is 0 Å². The Kier molecular flexibility index (Phi) is 4.94. The van der Waals surface area contributed by atoms with Crippen molar-refractivity contribution in [2.75, 3.05) is 18.2 Å². The summed E-state index contributed by atoms with van der Waals surface area (Å²) >= 11 is 1.23. The smallest absolute Gasteiger partial charge is 0.237 e. The molecule has 9 nitrogen and oxygen atoms in total. The highest BCUT2D eigenvalue weighted by Gasteiger charge is 2.13. The van der Waals surface area contributed by atoms with Crippen LogP contribution in [0.1, 0.15) is 5.69 Å². The number of amides is 1. The number of hydrogen-bond donors (Lipinski definition) is 1. The first-order valence-electron chi connectivity index (χ1n) is 8.35. The number of nitrogens with one attached hydrogen (secondary N) is 1. The number of methoxy groups -OCH3 is 1. The summed E-state index contributed by atoms with van der Waals surface area (Å²) in [5.41, 5.74) is 3.00. The number of thioether (sulfide) groups is 1. The van der Waals surface area contributed by atoms with Gasteiger partial charge in [-0.05, 0) is 43.3 Å². The largest absolute Gasteiger partial charge is 0.497 e. The Morgan fingerprint density at radius 1 is 1.21 bits per heavy atom. The van der Waals surface area contributed by atoms with Crippen molar-refractivity contribution >= 4 is 29.2 Å². The van der Waals surface area contributed by atoms with Crippen LogP contribution in [-0.2, 0) is 4.79 Å². The molecule has 0 radical (unpaired) electrons. The average molecular weight is 396 g/mol. The van der Waals surface area contributed by atoms with Crippen LogP contribution in [0, 0.1) is 6.92 Å². The van der Waals surface area contributed by atoms with Crippen LogP contribution in [0.3, 0.4) is 0 Å². The fraction of sp³-hybridized carbons (Fsp3) is 0.167. The topological polar surface area (TPSA) is 107 Å². The molecule has 0 aliphatic carbocycles. The highest BCUT2D eigenvalue weighted by atomic mass is 32.2. The second-order valence-corrected chi connectivity index (χ2v) is 6.81. The summed E-state index contributed by atoms with van der Waals surface area (Å²) in [5, 5.41) is 19.7. The molecule has 4 aromatic rings. The van der Waals surface area contributed by atoms with Crippen LogP contribution in [0.25, 0.3) is 16.9 Å². The second-order valence-electron chi connectivity index (χ2n) is 5.87. The molecule has 0 fully saturated rings. The molecule has 1 amide bonds. The zero-order valence-corrected chi connectivity index (χ0v) is 15.9. The van der Waals surface area contributed by atoms with Crippen molar-refractivity contribution in [1.29, 1.82) is 0 Å². The van der Waals surface area contributed by atoms with Gasteiger partial charge in [0, 0.05) is 11.6 Å². The molecule has 1 N–H and O–H groups in total. The molecule has 0 aliphatic heterocycles. The van der Waals surface area contributed by atoms with E-state index in [-0.39, 0.29) is 11.7 Å². The average Bonchev–Trinajstić information content (AvgIpc) is 3.31. The van der Waals surface area contributed by atoms with E-state index < -0.39 is 0 Å². The van der Waals surface area contributed by atoms with Gasteiger partial charge in [-0.15, -0.1) is 10.2 Å². The lowest BCUT2D eigenvalue weighted by Gasteiger charge is -2.04. The van der Waals surface area contributed by atoms with E-state index in [0.29, 0.717) is 22.4 Å². The van der Waals surface area contributed by atoms with Crippen LogP contribution in [0.4, 0.5) is 5.88 Å². The van der Waals surface area contributed by atoms with Crippen molar-refractivity contribution < 1.29 is 14.1 Å². The summed E-state index contributed by atoms with van der Waals surface area (Å²) in [6.07, 6.45) is 0. The number of hydrogen-bond acceptors (Lipinski definition) is 8. The number of nitrogens with zero attached hydrogens (tertiary/aromatic N) is 5. The minimum absolute atomic E-state index is 0.134. The Morgan fingerprint density at radius 2 is 2.04 bits per heavy atom. The number of fused-ring (bicyclic) bond motifs is 1. The lowest BCUT2D eigenvalue weighted by molar-refractivity contribution is -0.113. The number of rotatable bonds is 6. The number of aryl methyl sites for hydroxylation is 1. The van der Waals surface area contributed by atoms with E-state index in [0.717, 1.165) is 17.0 Å². The van der Waals surface area contributed by atoms with Gasteiger partial charge in [0.25, 0.3) is 0 Å². The quantitative estimate of drug-likeness (QED) is 0.496. The molecule has 0 unspecified atom stereocenters. The number of aromatic nitrogens is 5. The summed E-state index contributed by atoms with van der Waals surface area (Å²) in [6, 6.07) is 13.0. The van der Waals surface area contributed by atoms with Gasteiger partial charge in [0.05, 0.1) is 24.3 Å². The van der Waals surface area contributed by atoms with Gasteiger partial charge in [-0.3, -0.25) is 10.1 Å². The molecule has 28 heavy (non-hydrogen) atoms.